The summed E-state index contributed by atoms with van der Waals surface area (Å²) in [5, 5.41) is 11.0. The molecule has 5 heteroatoms. The number of esters is 1. The van der Waals surface area contributed by atoms with Gasteiger partial charge in [0.05, 0.1) is 18.9 Å². The number of hydrogen-bond acceptors (Lipinski definition) is 4. The minimum Gasteiger partial charge on any atom is -0.465 e. The summed E-state index contributed by atoms with van der Waals surface area (Å²) < 4.78 is 17.4. The lowest BCUT2D eigenvalue weighted by molar-refractivity contribution is 0.0595. The monoisotopic (exact) mass is 197 g/mol. The van der Waals surface area contributed by atoms with Gasteiger partial charge in [-0.15, -0.1) is 0 Å². The third kappa shape index (κ3) is 2.07. The molecule has 1 N–H and O–H groups in total. The quantitative estimate of drug-likeness (QED) is 0.337. The first-order chi connectivity index (χ1) is 6.69. The lowest BCUT2D eigenvalue weighted by Gasteiger charge is -2.01. The Morgan fingerprint density at radius 3 is 2.93 bits per heavy atom. The molecule has 0 unspecified atom stereocenters. The van der Waals surface area contributed by atoms with Crippen LogP contribution in [0.25, 0.3) is 0 Å². The molecule has 1 aromatic carbocycles. The molecule has 0 atom stereocenters. The van der Waals surface area contributed by atoms with Gasteiger partial charge in [-0.05, 0) is 17.7 Å². The first kappa shape index (κ1) is 10.2. The van der Waals surface area contributed by atoms with Crippen LogP contribution in [0.4, 0.5) is 4.39 Å². The van der Waals surface area contributed by atoms with Crippen LogP contribution in [0, 0.1) is 5.82 Å². The van der Waals surface area contributed by atoms with E-state index in [4.69, 9.17) is 5.21 Å². The summed E-state index contributed by atoms with van der Waals surface area (Å²) in [5.41, 5.74) is 0.221. The van der Waals surface area contributed by atoms with Crippen molar-refractivity contribution in [2.24, 2.45) is 5.16 Å². The first-order valence-corrected chi connectivity index (χ1v) is 3.74. The third-order valence-corrected chi connectivity index (χ3v) is 1.60. The van der Waals surface area contributed by atoms with Gasteiger partial charge in [0, 0.05) is 0 Å². The lowest BCUT2D eigenvalue weighted by Crippen LogP contribution is -2.05. The second-order valence-corrected chi connectivity index (χ2v) is 2.48. The molecule has 0 aliphatic heterocycles. The molecule has 0 amide bonds. The topological polar surface area (TPSA) is 58.9 Å². The smallest absolute Gasteiger partial charge is 0.340 e. The number of rotatable bonds is 2. The van der Waals surface area contributed by atoms with E-state index in [9.17, 15) is 9.18 Å². The molecule has 0 saturated carbocycles. The average Bonchev–Trinajstić information content (AvgIpc) is 2.20. The minimum atomic E-state index is -0.768. The predicted octanol–water partition coefficient (Wildman–Crippen LogP) is 1.42. The zero-order valence-corrected chi connectivity index (χ0v) is 7.40. The van der Waals surface area contributed by atoms with Crippen LogP contribution in [0.3, 0.4) is 0 Å². The fourth-order valence-corrected chi connectivity index (χ4v) is 0.956. The Morgan fingerprint density at radius 1 is 1.64 bits per heavy atom. The molecule has 0 bridgehead atoms. The maximum absolute atomic E-state index is 13.0. The number of methoxy groups -OCH3 is 1. The number of carbonyl (C=O) groups is 1. The molecule has 0 heterocycles. The van der Waals surface area contributed by atoms with E-state index >= 15 is 0 Å². The standard InChI is InChI=1S/C9H8FNO3/c1-14-9(12)7-4-6(5-11-13)2-3-8(7)10/h2-5,13H,1H3/b11-5-. The van der Waals surface area contributed by atoms with Crippen molar-refractivity contribution in [1.29, 1.82) is 0 Å². The van der Waals surface area contributed by atoms with Crippen LogP contribution in [0.15, 0.2) is 23.4 Å². The van der Waals surface area contributed by atoms with E-state index in [1.165, 1.54) is 12.1 Å². The van der Waals surface area contributed by atoms with Crippen molar-refractivity contribution in [3.8, 4) is 0 Å². The number of benzene rings is 1. The van der Waals surface area contributed by atoms with Crippen LogP contribution in [0.1, 0.15) is 15.9 Å². The molecule has 74 valence electrons. The van der Waals surface area contributed by atoms with Crippen molar-refractivity contribution >= 4 is 12.2 Å². The molecular formula is C9H8FNO3. The van der Waals surface area contributed by atoms with Crippen molar-refractivity contribution in [1.82, 2.24) is 0 Å². The molecule has 4 nitrogen and oxygen atoms in total. The number of carbonyl (C=O) groups excluding carboxylic acids is 1. The fraction of sp³-hybridized carbons (Fsp3) is 0.111. The van der Waals surface area contributed by atoms with Crippen LogP contribution in [0.2, 0.25) is 0 Å². The van der Waals surface area contributed by atoms with Crippen LogP contribution in [0.5, 0.6) is 0 Å². The Hall–Kier alpha value is -1.91. The number of halogens is 1. The van der Waals surface area contributed by atoms with Gasteiger partial charge in [-0.25, -0.2) is 9.18 Å². The van der Waals surface area contributed by atoms with Crippen molar-refractivity contribution in [2.45, 2.75) is 0 Å². The van der Waals surface area contributed by atoms with Gasteiger partial charge in [0.25, 0.3) is 0 Å². The average molecular weight is 197 g/mol. The Morgan fingerprint density at radius 2 is 2.36 bits per heavy atom. The summed E-state index contributed by atoms with van der Waals surface area (Å²) in [6, 6.07) is 3.71. The van der Waals surface area contributed by atoms with Gasteiger partial charge < -0.3 is 9.94 Å². The van der Waals surface area contributed by atoms with Gasteiger partial charge in [0.15, 0.2) is 0 Å². The zero-order valence-electron chi connectivity index (χ0n) is 7.40. The summed E-state index contributed by atoms with van der Waals surface area (Å²) in [6.07, 6.45) is 1.09. The summed E-state index contributed by atoms with van der Waals surface area (Å²) in [7, 11) is 1.16. The largest absolute Gasteiger partial charge is 0.465 e. The van der Waals surface area contributed by atoms with Crippen molar-refractivity contribution in [2.75, 3.05) is 7.11 Å². The second kappa shape index (κ2) is 4.36. The van der Waals surface area contributed by atoms with Gasteiger partial charge in [-0.1, -0.05) is 11.2 Å². The number of hydrogen-bond donors (Lipinski definition) is 1. The fourth-order valence-electron chi connectivity index (χ4n) is 0.956. The highest BCUT2D eigenvalue weighted by molar-refractivity contribution is 5.92. The van der Waals surface area contributed by atoms with Crippen molar-refractivity contribution < 1.29 is 19.1 Å². The maximum Gasteiger partial charge on any atom is 0.340 e. The number of nitrogens with zero attached hydrogens (tertiary/aromatic N) is 1. The Bertz CT molecular complexity index is 376. The number of oxime groups is 1. The van der Waals surface area contributed by atoms with Crippen LogP contribution < -0.4 is 0 Å². The predicted molar refractivity (Wildman–Crippen MR) is 47.1 cm³/mol. The summed E-state index contributed by atoms with van der Waals surface area (Å²) in [4.78, 5) is 11.0. The highest BCUT2D eigenvalue weighted by Crippen LogP contribution is 2.10. The van der Waals surface area contributed by atoms with E-state index in [-0.39, 0.29) is 5.56 Å². The Balaban J connectivity index is 3.14. The van der Waals surface area contributed by atoms with Crippen molar-refractivity contribution in [3.05, 3.63) is 35.1 Å². The minimum absolute atomic E-state index is 0.190. The van der Waals surface area contributed by atoms with Gasteiger partial charge in [0.1, 0.15) is 5.82 Å². The molecule has 14 heavy (non-hydrogen) atoms. The van der Waals surface area contributed by atoms with Gasteiger partial charge in [0.2, 0.25) is 0 Å². The van der Waals surface area contributed by atoms with E-state index < -0.39 is 11.8 Å². The normalized spacial score (nSPS) is 10.4. The molecule has 0 aliphatic carbocycles. The molecule has 0 fully saturated rings. The van der Waals surface area contributed by atoms with E-state index in [1.807, 2.05) is 0 Å². The highest BCUT2D eigenvalue weighted by Gasteiger charge is 2.11. The highest BCUT2D eigenvalue weighted by atomic mass is 19.1. The Labute approximate surface area is 79.6 Å². The molecule has 0 aliphatic rings. The van der Waals surface area contributed by atoms with Gasteiger partial charge >= 0.3 is 5.97 Å². The maximum atomic E-state index is 13.0. The molecule has 0 aromatic heterocycles. The second-order valence-electron chi connectivity index (χ2n) is 2.48. The lowest BCUT2D eigenvalue weighted by atomic mass is 10.1. The van der Waals surface area contributed by atoms with Crippen LogP contribution >= 0.6 is 0 Å². The van der Waals surface area contributed by atoms with E-state index in [0.717, 1.165) is 19.4 Å². The summed E-state index contributed by atoms with van der Waals surface area (Å²) in [5.74, 6) is -1.44. The van der Waals surface area contributed by atoms with Crippen molar-refractivity contribution in [3.63, 3.8) is 0 Å². The SMILES string of the molecule is COC(=O)c1cc(/C=N\O)ccc1F. The van der Waals surface area contributed by atoms with Crippen LogP contribution in [-0.4, -0.2) is 24.5 Å². The van der Waals surface area contributed by atoms with Crippen LogP contribution in [-0.2, 0) is 4.74 Å². The third-order valence-electron chi connectivity index (χ3n) is 1.60. The number of ether oxygens (including phenoxy) is 1. The molecule has 1 rings (SSSR count). The van der Waals surface area contributed by atoms with E-state index in [1.54, 1.807) is 0 Å². The molecule has 1 aromatic rings. The van der Waals surface area contributed by atoms with E-state index in [0.29, 0.717) is 5.56 Å². The molecular weight excluding hydrogens is 189 g/mol. The zero-order chi connectivity index (χ0) is 10.6. The molecule has 0 saturated heterocycles. The van der Waals surface area contributed by atoms with Gasteiger partial charge in [-0.2, -0.15) is 0 Å². The first-order valence-electron chi connectivity index (χ1n) is 3.74. The van der Waals surface area contributed by atoms with Gasteiger partial charge in [-0.3, -0.25) is 0 Å². The summed E-state index contributed by atoms with van der Waals surface area (Å²) in [6.45, 7) is 0. The molecule has 0 spiro atoms. The summed E-state index contributed by atoms with van der Waals surface area (Å²) >= 11 is 0. The van der Waals surface area contributed by atoms with E-state index in [2.05, 4.69) is 9.89 Å². The molecule has 0 radical (unpaired) electrons. The Kier molecular flexibility index (Phi) is 3.17.